The van der Waals surface area contributed by atoms with E-state index in [2.05, 4.69) is 0 Å². The Kier molecular flexibility index (Phi) is 4.35. The highest BCUT2D eigenvalue weighted by Crippen LogP contribution is 2.48. The minimum atomic E-state index is -0.993. The van der Waals surface area contributed by atoms with Crippen LogP contribution >= 0.6 is 0 Å². The Labute approximate surface area is 153 Å². The molecule has 0 spiro atoms. The van der Waals surface area contributed by atoms with Gasteiger partial charge in [0.05, 0.1) is 11.1 Å². The van der Waals surface area contributed by atoms with Crippen molar-refractivity contribution >= 4 is 11.7 Å². The van der Waals surface area contributed by atoms with Crippen molar-refractivity contribution in [2.75, 3.05) is 6.61 Å². The molecule has 1 atom stereocenters. The van der Waals surface area contributed by atoms with Crippen LogP contribution in [0.25, 0.3) is 5.76 Å². The predicted molar refractivity (Wildman–Crippen MR) is 96.2 cm³/mol. The van der Waals surface area contributed by atoms with Crippen molar-refractivity contribution < 1.29 is 18.7 Å². The van der Waals surface area contributed by atoms with E-state index in [0.29, 0.717) is 23.5 Å². The van der Waals surface area contributed by atoms with Gasteiger partial charge in [0.2, 0.25) is 5.79 Å². The van der Waals surface area contributed by atoms with Gasteiger partial charge in [0.15, 0.2) is 0 Å². The van der Waals surface area contributed by atoms with Crippen LogP contribution in [0.1, 0.15) is 51.5 Å². The molecule has 138 valence electrons. The number of carbonyl (C=O) groups excluding carboxylic acids is 1. The third-order valence-corrected chi connectivity index (χ3v) is 5.49. The molecule has 4 nitrogen and oxygen atoms in total. The Morgan fingerprint density at radius 3 is 2.58 bits per heavy atom. The summed E-state index contributed by atoms with van der Waals surface area (Å²) in [4.78, 5) is 15.1. The highest BCUT2D eigenvalue weighted by molar-refractivity contribution is 6.09. The molecule has 1 aliphatic carbocycles. The number of hydrogen-bond acceptors (Lipinski definition) is 3. The number of hydrogen-bond donors (Lipinski definition) is 0. The summed E-state index contributed by atoms with van der Waals surface area (Å²) in [5.41, 5.74) is 2.02. The van der Waals surface area contributed by atoms with Gasteiger partial charge in [-0.2, -0.15) is 0 Å². The number of ether oxygens (including phenoxy) is 2. The molecule has 1 aromatic carbocycles. The molecule has 5 heteroatoms. The van der Waals surface area contributed by atoms with Gasteiger partial charge in [0.25, 0.3) is 5.91 Å². The average Bonchev–Trinajstić information content (AvgIpc) is 3.13. The van der Waals surface area contributed by atoms with Crippen LogP contribution in [0.5, 0.6) is 0 Å². The first-order chi connectivity index (χ1) is 12.5. The molecule has 1 fully saturated rings. The lowest BCUT2D eigenvalue weighted by Crippen LogP contribution is -2.35. The molecule has 0 N–H and O–H groups in total. The summed E-state index contributed by atoms with van der Waals surface area (Å²) >= 11 is 0. The van der Waals surface area contributed by atoms with E-state index >= 15 is 0 Å². The lowest BCUT2D eigenvalue weighted by molar-refractivity contribution is -0.145. The number of nitrogens with zero attached hydrogens (tertiary/aromatic N) is 1. The second-order valence-electron chi connectivity index (χ2n) is 7.24. The van der Waals surface area contributed by atoms with E-state index in [9.17, 15) is 9.18 Å². The second-order valence-corrected chi connectivity index (χ2v) is 7.24. The zero-order chi connectivity index (χ0) is 18.3. The number of amides is 1. The van der Waals surface area contributed by atoms with E-state index in [1.54, 1.807) is 12.1 Å². The van der Waals surface area contributed by atoms with Crippen LogP contribution in [-0.2, 0) is 14.3 Å². The quantitative estimate of drug-likeness (QED) is 0.803. The Hall–Kier alpha value is -2.14. The highest BCUT2D eigenvalue weighted by atomic mass is 19.1. The molecule has 0 aromatic heterocycles. The standard InChI is InChI=1S/C21H24FNO3/c1-3-25-21(2)17-13-23(16-7-5-4-6-8-16)20(24)18(17)19(26-21)14-9-11-15(22)12-10-14/h9-13,16H,3-8H2,1-2H3. The van der Waals surface area contributed by atoms with Gasteiger partial charge < -0.3 is 14.4 Å². The van der Waals surface area contributed by atoms with Gasteiger partial charge in [0, 0.05) is 31.3 Å². The molecule has 2 aliphatic heterocycles. The molecular formula is C21H24FNO3. The molecule has 1 unspecified atom stereocenters. The van der Waals surface area contributed by atoms with Gasteiger partial charge in [-0.25, -0.2) is 4.39 Å². The molecular weight excluding hydrogens is 333 g/mol. The number of halogens is 1. The summed E-state index contributed by atoms with van der Waals surface area (Å²) in [6.07, 6.45) is 7.52. The van der Waals surface area contributed by atoms with Gasteiger partial charge >= 0.3 is 0 Å². The van der Waals surface area contributed by atoms with E-state index < -0.39 is 5.79 Å². The van der Waals surface area contributed by atoms with Gasteiger partial charge in [0.1, 0.15) is 11.6 Å². The summed E-state index contributed by atoms with van der Waals surface area (Å²) in [7, 11) is 0. The minimum absolute atomic E-state index is 0.0327. The molecule has 26 heavy (non-hydrogen) atoms. The topological polar surface area (TPSA) is 38.8 Å². The van der Waals surface area contributed by atoms with Crippen molar-refractivity contribution in [2.24, 2.45) is 0 Å². The van der Waals surface area contributed by atoms with E-state index in [-0.39, 0.29) is 17.8 Å². The Bertz CT molecular complexity index is 777. The fourth-order valence-electron chi connectivity index (χ4n) is 4.19. The van der Waals surface area contributed by atoms with Crippen LogP contribution in [0.2, 0.25) is 0 Å². The highest BCUT2D eigenvalue weighted by Gasteiger charge is 2.51. The molecule has 2 heterocycles. The van der Waals surface area contributed by atoms with Gasteiger partial charge in [-0.1, -0.05) is 19.3 Å². The van der Waals surface area contributed by atoms with Crippen molar-refractivity contribution in [3.8, 4) is 0 Å². The molecule has 1 saturated carbocycles. The van der Waals surface area contributed by atoms with Gasteiger partial charge in [-0.15, -0.1) is 0 Å². The largest absolute Gasteiger partial charge is 0.457 e. The van der Waals surface area contributed by atoms with Crippen LogP contribution in [0.4, 0.5) is 4.39 Å². The Balaban J connectivity index is 1.76. The third-order valence-electron chi connectivity index (χ3n) is 5.49. The van der Waals surface area contributed by atoms with Crippen LogP contribution in [0.15, 0.2) is 41.6 Å². The molecule has 4 rings (SSSR count). The first-order valence-corrected chi connectivity index (χ1v) is 9.42. The van der Waals surface area contributed by atoms with Gasteiger partial charge in [-0.05, 0) is 44.0 Å². The van der Waals surface area contributed by atoms with Crippen LogP contribution in [0.3, 0.4) is 0 Å². The lowest BCUT2D eigenvalue weighted by Gasteiger charge is -2.30. The van der Waals surface area contributed by atoms with Crippen molar-refractivity contribution in [3.63, 3.8) is 0 Å². The summed E-state index contributed by atoms with van der Waals surface area (Å²) in [6, 6.07) is 6.28. The molecule has 0 bridgehead atoms. The van der Waals surface area contributed by atoms with E-state index in [4.69, 9.17) is 9.47 Å². The predicted octanol–water partition coefficient (Wildman–Crippen LogP) is 4.38. The number of rotatable bonds is 4. The SMILES string of the molecule is CCOC1(C)OC(c2ccc(F)cc2)=C2C(=O)N(C3CCCCC3)C=C21. The molecule has 0 radical (unpaired) electrons. The molecule has 0 saturated heterocycles. The first kappa shape index (κ1) is 17.3. The zero-order valence-electron chi connectivity index (χ0n) is 15.3. The summed E-state index contributed by atoms with van der Waals surface area (Å²) in [6.45, 7) is 4.21. The van der Waals surface area contributed by atoms with Crippen molar-refractivity contribution in [1.29, 1.82) is 0 Å². The van der Waals surface area contributed by atoms with E-state index in [0.717, 1.165) is 31.3 Å². The maximum Gasteiger partial charge on any atom is 0.262 e. The average molecular weight is 357 g/mol. The maximum atomic E-state index is 13.3. The third kappa shape index (κ3) is 2.75. The molecule has 3 aliphatic rings. The van der Waals surface area contributed by atoms with E-state index in [1.807, 2.05) is 24.9 Å². The minimum Gasteiger partial charge on any atom is -0.457 e. The number of benzene rings is 1. The first-order valence-electron chi connectivity index (χ1n) is 9.42. The fraction of sp³-hybridized carbons (Fsp3) is 0.476. The maximum absolute atomic E-state index is 13.3. The Morgan fingerprint density at radius 1 is 1.23 bits per heavy atom. The van der Waals surface area contributed by atoms with Crippen LogP contribution in [0, 0.1) is 5.82 Å². The Morgan fingerprint density at radius 2 is 1.92 bits per heavy atom. The van der Waals surface area contributed by atoms with Crippen LogP contribution < -0.4 is 0 Å². The number of fused-ring (bicyclic) bond motifs is 1. The van der Waals surface area contributed by atoms with Crippen LogP contribution in [-0.4, -0.2) is 29.2 Å². The normalized spacial score (nSPS) is 26.2. The second kappa shape index (κ2) is 6.54. The van der Waals surface area contributed by atoms with Crippen molar-refractivity contribution in [1.82, 2.24) is 4.90 Å². The summed E-state index contributed by atoms with van der Waals surface area (Å²) < 4.78 is 25.3. The smallest absolute Gasteiger partial charge is 0.262 e. The fourth-order valence-corrected chi connectivity index (χ4v) is 4.19. The van der Waals surface area contributed by atoms with Crippen molar-refractivity contribution in [2.45, 2.75) is 57.8 Å². The summed E-state index contributed by atoms with van der Waals surface area (Å²) in [5, 5.41) is 0. The van der Waals surface area contributed by atoms with Crippen molar-refractivity contribution in [3.05, 3.63) is 53.0 Å². The lowest BCUT2D eigenvalue weighted by atomic mass is 9.94. The van der Waals surface area contributed by atoms with Gasteiger partial charge in [-0.3, -0.25) is 4.79 Å². The van der Waals surface area contributed by atoms with E-state index in [1.165, 1.54) is 18.6 Å². The molecule has 1 aromatic rings. The molecule has 1 amide bonds. The number of carbonyl (C=O) groups is 1. The zero-order valence-corrected chi connectivity index (χ0v) is 15.3. The summed E-state index contributed by atoms with van der Waals surface area (Å²) in [5.74, 6) is -0.861. The monoisotopic (exact) mass is 357 g/mol.